The zero-order valence-corrected chi connectivity index (χ0v) is 14.2. The van der Waals surface area contributed by atoms with Gasteiger partial charge in [-0.1, -0.05) is 29.3 Å². The molecule has 0 amide bonds. The molecule has 1 unspecified atom stereocenters. The molecule has 9 heteroatoms. The Kier molecular flexibility index (Phi) is 5.30. The highest BCUT2D eigenvalue weighted by Gasteiger charge is 2.32. The van der Waals surface area contributed by atoms with Gasteiger partial charge in [0.15, 0.2) is 0 Å². The molecule has 1 aromatic carbocycles. The van der Waals surface area contributed by atoms with Gasteiger partial charge in [0.2, 0.25) is 0 Å². The topological polar surface area (TPSA) is 111 Å². The second-order valence-electron chi connectivity index (χ2n) is 5.79. The van der Waals surface area contributed by atoms with E-state index < -0.39 is 9.85 Å². The molecule has 1 atom stereocenters. The summed E-state index contributed by atoms with van der Waals surface area (Å²) in [6.07, 6.45) is 3.99. The van der Waals surface area contributed by atoms with Crippen LogP contribution in [-0.4, -0.2) is 20.9 Å². The van der Waals surface area contributed by atoms with Crippen molar-refractivity contribution >= 4 is 38.7 Å². The van der Waals surface area contributed by atoms with E-state index in [-0.39, 0.29) is 22.5 Å². The highest BCUT2D eigenvalue weighted by atomic mass is 79.9. The predicted molar refractivity (Wildman–Crippen MR) is 91.2 cm³/mol. The Labute approximate surface area is 141 Å². The van der Waals surface area contributed by atoms with Gasteiger partial charge >= 0.3 is 5.69 Å². The second kappa shape index (κ2) is 7.03. The van der Waals surface area contributed by atoms with Gasteiger partial charge in [-0.25, -0.2) is 0 Å². The molecule has 8 nitrogen and oxygen atoms in total. The van der Waals surface area contributed by atoms with E-state index in [2.05, 4.69) is 33.4 Å². The summed E-state index contributed by atoms with van der Waals surface area (Å²) in [5.74, 6) is 0. The first kappa shape index (κ1) is 17.3. The Bertz CT molecular complexity index is 664. The fraction of sp³-hybridized carbons (Fsp3) is 0.500. The Morgan fingerprint density at radius 2 is 2.04 bits per heavy atom. The molecule has 1 aliphatic rings. The monoisotopic (exact) mass is 384 g/mol. The summed E-state index contributed by atoms with van der Waals surface area (Å²) in [6, 6.07) is 3.47. The summed E-state index contributed by atoms with van der Waals surface area (Å²) in [7, 11) is 0. The van der Waals surface area contributed by atoms with Crippen LogP contribution < -0.4 is 5.43 Å². The number of alkyl halides is 1. The number of nitrogens with one attached hydrogen (secondary N) is 1. The minimum atomic E-state index is -0.661. The molecule has 1 aliphatic carbocycles. The third-order valence-corrected chi connectivity index (χ3v) is 5.32. The Hall–Kier alpha value is -2.03. The maximum Gasteiger partial charge on any atom is 0.301 e. The Morgan fingerprint density at radius 3 is 2.65 bits per heavy atom. The minimum absolute atomic E-state index is 0.0825. The number of hydrogen-bond donors (Lipinski definition) is 1. The molecule has 0 saturated heterocycles. The highest BCUT2D eigenvalue weighted by Crippen LogP contribution is 2.36. The van der Waals surface area contributed by atoms with Crippen LogP contribution >= 0.6 is 15.9 Å². The molecule has 0 aliphatic heterocycles. The summed E-state index contributed by atoms with van der Waals surface area (Å²) in [5.41, 5.74) is 3.06. The normalized spacial score (nSPS) is 22.8. The number of halogens is 1. The van der Waals surface area contributed by atoms with Crippen molar-refractivity contribution in [3.8, 4) is 0 Å². The Balaban J connectivity index is 2.30. The molecule has 1 aromatic rings. The van der Waals surface area contributed by atoms with E-state index in [1.165, 1.54) is 12.1 Å². The molecule has 1 N–H and O–H groups in total. The first-order valence-electron chi connectivity index (χ1n) is 7.19. The van der Waals surface area contributed by atoms with Crippen LogP contribution in [0, 0.1) is 25.6 Å². The molecule has 0 spiro atoms. The first-order valence-corrected chi connectivity index (χ1v) is 8.31. The van der Waals surface area contributed by atoms with Gasteiger partial charge in [0, 0.05) is 22.5 Å². The molecule has 0 aromatic heterocycles. The smallest absolute Gasteiger partial charge is 0.272 e. The van der Waals surface area contributed by atoms with Crippen LogP contribution in [0.25, 0.3) is 0 Å². The largest absolute Gasteiger partial charge is 0.301 e. The van der Waals surface area contributed by atoms with Gasteiger partial charge in [-0.2, -0.15) is 5.10 Å². The maximum atomic E-state index is 11.1. The molecule has 23 heavy (non-hydrogen) atoms. The van der Waals surface area contributed by atoms with Crippen LogP contribution in [0.1, 0.15) is 32.6 Å². The zero-order chi connectivity index (χ0) is 17.0. The number of hydrogen-bond acceptors (Lipinski definition) is 6. The molecule has 1 fully saturated rings. The van der Waals surface area contributed by atoms with Crippen LogP contribution in [0.4, 0.5) is 17.1 Å². The van der Waals surface area contributed by atoms with Crippen LogP contribution in [0.5, 0.6) is 0 Å². The quantitative estimate of drug-likeness (QED) is 0.463. The average Bonchev–Trinajstić information content (AvgIpc) is 2.53. The van der Waals surface area contributed by atoms with Crippen LogP contribution in [-0.2, 0) is 0 Å². The van der Waals surface area contributed by atoms with Crippen molar-refractivity contribution in [1.82, 2.24) is 0 Å². The molecule has 2 rings (SSSR count). The van der Waals surface area contributed by atoms with Crippen molar-refractivity contribution in [2.24, 2.45) is 10.5 Å². The number of nitro benzene ring substituents is 2. The molecule has 0 heterocycles. The van der Waals surface area contributed by atoms with E-state index in [9.17, 15) is 20.2 Å². The first-order chi connectivity index (χ1) is 10.9. The van der Waals surface area contributed by atoms with Crippen LogP contribution in [0.2, 0.25) is 0 Å². The molecule has 124 valence electrons. The lowest BCUT2D eigenvalue weighted by Crippen LogP contribution is -2.33. The SMILES string of the molecule is CC1(CBr)CCCCC1=NNc1ccc([N+](=O)[O-])cc1[N+](=O)[O-]. The maximum absolute atomic E-state index is 11.1. The Morgan fingerprint density at radius 1 is 1.30 bits per heavy atom. The molecule has 0 bridgehead atoms. The van der Waals surface area contributed by atoms with Crippen LogP contribution in [0.3, 0.4) is 0 Å². The summed E-state index contributed by atoms with van der Waals surface area (Å²) >= 11 is 3.51. The third-order valence-electron chi connectivity index (χ3n) is 4.08. The number of nitrogens with zero attached hydrogens (tertiary/aromatic N) is 3. The number of nitro groups is 2. The van der Waals surface area contributed by atoms with E-state index in [1.54, 1.807) is 0 Å². The van der Waals surface area contributed by atoms with E-state index in [4.69, 9.17) is 0 Å². The lowest BCUT2D eigenvalue weighted by Gasteiger charge is -2.33. The van der Waals surface area contributed by atoms with Gasteiger partial charge in [-0.05, 0) is 25.3 Å². The van der Waals surface area contributed by atoms with Crippen molar-refractivity contribution in [2.75, 3.05) is 10.8 Å². The summed E-state index contributed by atoms with van der Waals surface area (Å²) < 4.78 is 0. The molecular weight excluding hydrogens is 368 g/mol. The average molecular weight is 385 g/mol. The molecular formula is C14H17BrN4O4. The van der Waals surface area contributed by atoms with E-state index in [0.29, 0.717) is 0 Å². The lowest BCUT2D eigenvalue weighted by atomic mass is 9.76. The third kappa shape index (κ3) is 3.84. The van der Waals surface area contributed by atoms with Crippen LogP contribution in [0.15, 0.2) is 23.3 Å². The van der Waals surface area contributed by atoms with Gasteiger partial charge in [-0.15, -0.1) is 0 Å². The van der Waals surface area contributed by atoms with Crippen molar-refractivity contribution in [2.45, 2.75) is 32.6 Å². The number of benzene rings is 1. The number of hydrazone groups is 1. The molecule has 1 saturated carbocycles. The van der Waals surface area contributed by atoms with Gasteiger partial charge in [0.05, 0.1) is 15.9 Å². The van der Waals surface area contributed by atoms with Crippen molar-refractivity contribution in [3.63, 3.8) is 0 Å². The molecule has 0 radical (unpaired) electrons. The van der Waals surface area contributed by atoms with Gasteiger partial charge < -0.3 is 0 Å². The summed E-state index contributed by atoms with van der Waals surface area (Å²) in [5, 5.41) is 27.0. The van der Waals surface area contributed by atoms with E-state index in [1.807, 2.05) is 0 Å². The lowest BCUT2D eigenvalue weighted by molar-refractivity contribution is -0.393. The summed E-state index contributed by atoms with van der Waals surface area (Å²) in [6.45, 7) is 2.10. The standard InChI is InChI=1S/C14H17BrN4O4/c1-14(9-15)7-3-2-4-13(14)17-16-11-6-5-10(18(20)21)8-12(11)19(22)23/h5-6,8,16H,2-4,7,9H2,1H3. The van der Waals surface area contributed by atoms with E-state index >= 15 is 0 Å². The summed E-state index contributed by atoms with van der Waals surface area (Å²) in [4.78, 5) is 20.6. The van der Waals surface area contributed by atoms with Crippen molar-refractivity contribution < 1.29 is 9.85 Å². The fourth-order valence-corrected chi connectivity index (χ4v) is 3.20. The van der Waals surface area contributed by atoms with Gasteiger partial charge in [0.25, 0.3) is 5.69 Å². The number of rotatable bonds is 5. The van der Waals surface area contributed by atoms with Crippen molar-refractivity contribution in [1.29, 1.82) is 0 Å². The van der Waals surface area contributed by atoms with Crippen molar-refractivity contribution in [3.05, 3.63) is 38.4 Å². The highest BCUT2D eigenvalue weighted by molar-refractivity contribution is 9.09. The number of anilines is 1. The van der Waals surface area contributed by atoms with Gasteiger partial charge in [-0.3, -0.25) is 25.7 Å². The second-order valence-corrected chi connectivity index (χ2v) is 6.35. The minimum Gasteiger partial charge on any atom is -0.272 e. The zero-order valence-electron chi connectivity index (χ0n) is 12.6. The predicted octanol–water partition coefficient (Wildman–Crippen LogP) is 4.25. The fourth-order valence-electron chi connectivity index (χ4n) is 2.60. The van der Waals surface area contributed by atoms with Gasteiger partial charge in [0.1, 0.15) is 5.69 Å². The number of non-ortho nitro benzene ring substituents is 1. The van der Waals surface area contributed by atoms with E-state index in [0.717, 1.165) is 42.8 Å².